The van der Waals surface area contributed by atoms with Gasteiger partial charge >= 0.3 is 0 Å². The topological polar surface area (TPSA) is 63.9 Å². The van der Waals surface area contributed by atoms with E-state index in [1.165, 1.54) is 15.4 Å². The van der Waals surface area contributed by atoms with Gasteiger partial charge in [-0.15, -0.1) is 0 Å². The van der Waals surface area contributed by atoms with Gasteiger partial charge in [0.05, 0.1) is 9.93 Å². The zero-order valence-corrected chi connectivity index (χ0v) is 16.8. The van der Waals surface area contributed by atoms with Crippen LogP contribution in [0.15, 0.2) is 58.4 Å². The van der Waals surface area contributed by atoms with Gasteiger partial charge in [0.2, 0.25) is 5.88 Å². The van der Waals surface area contributed by atoms with Crippen molar-refractivity contribution in [3.8, 4) is 11.6 Å². The predicted octanol–water partition coefficient (Wildman–Crippen LogP) is 3.97. The Morgan fingerprint density at radius 2 is 1.93 bits per heavy atom. The summed E-state index contributed by atoms with van der Waals surface area (Å²) in [5.41, 5.74) is 0.182. The summed E-state index contributed by atoms with van der Waals surface area (Å²) < 4.78 is 7.66. The molecule has 4 rings (SSSR count). The molecule has 1 aliphatic heterocycles. The number of carbonyl (C=O) groups is 1. The quantitative estimate of drug-likeness (QED) is 0.463. The molecule has 3 aromatic rings. The van der Waals surface area contributed by atoms with Gasteiger partial charge in [-0.25, -0.2) is 0 Å². The summed E-state index contributed by atoms with van der Waals surface area (Å²) in [6.45, 7) is 0. The lowest BCUT2D eigenvalue weighted by molar-refractivity contribution is -0.121. The maximum Gasteiger partial charge on any atom is 0.269 e. The number of thioether (sulfide) groups is 1. The first-order chi connectivity index (χ1) is 13.5. The molecule has 0 saturated carbocycles. The summed E-state index contributed by atoms with van der Waals surface area (Å²) in [5.74, 6) is 0.135. The molecule has 9 heteroatoms. The largest absolute Gasteiger partial charge is 0.437 e. The summed E-state index contributed by atoms with van der Waals surface area (Å²) in [6, 6.07) is 12.1. The Kier molecular flexibility index (Phi) is 4.92. The van der Waals surface area contributed by atoms with Crippen molar-refractivity contribution < 1.29 is 9.53 Å². The molecule has 1 aliphatic rings. The third-order valence-corrected chi connectivity index (χ3v) is 5.84. The first kappa shape index (κ1) is 18.7. The number of para-hydroxylation sites is 1. The van der Waals surface area contributed by atoms with Gasteiger partial charge < -0.3 is 4.74 Å². The molecular formula is C19H12ClN3O3S2. The van der Waals surface area contributed by atoms with Crippen LogP contribution in [0.4, 0.5) is 0 Å². The van der Waals surface area contributed by atoms with Crippen LogP contribution in [0.25, 0.3) is 11.7 Å². The second-order valence-corrected chi connectivity index (χ2v) is 7.92. The Balaban J connectivity index is 1.92. The Bertz CT molecular complexity index is 1220. The van der Waals surface area contributed by atoms with Crippen molar-refractivity contribution in [1.82, 2.24) is 14.3 Å². The number of pyridine rings is 1. The van der Waals surface area contributed by atoms with Gasteiger partial charge in [-0.3, -0.25) is 18.9 Å². The van der Waals surface area contributed by atoms with Gasteiger partial charge in [0.25, 0.3) is 11.5 Å². The maximum atomic E-state index is 13.1. The second-order valence-electron chi connectivity index (χ2n) is 5.84. The van der Waals surface area contributed by atoms with E-state index in [4.69, 9.17) is 28.6 Å². The van der Waals surface area contributed by atoms with E-state index in [0.717, 1.165) is 11.8 Å². The number of halogens is 1. The molecule has 1 fully saturated rings. The molecule has 1 saturated heterocycles. The lowest BCUT2D eigenvalue weighted by atomic mass is 10.2. The minimum atomic E-state index is -0.367. The minimum absolute atomic E-state index is 0.0608. The molecule has 1 aromatic carbocycles. The molecule has 0 N–H and O–H groups in total. The number of carbonyl (C=O) groups excluding carboxylic acids is 1. The van der Waals surface area contributed by atoms with Crippen LogP contribution >= 0.6 is 35.6 Å². The van der Waals surface area contributed by atoms with E-state index in [1.54, 1.807) is 55.7 Å². The van der Waals surface area contributed by atoms with Crippen LogP contribution in [-0.2, 0) is 4.79 Å². The zero-order valence-electron chi connectivity index (χ0n) is 14.5. The van der Waals surface area contributed by atoms with Gasteiger partial charge in [-0.2, -0.15) is 4.98 Å². The van der Waals surface area contributed by atoms with Crippen molar-refractivity contribution in [2.45, 2.75) is 0 Å². The number of benzene rings is 1. The molecule has 0 aliphatic carbocycles. The van der Waals surface area contributed by atoms with Gasteiger partial charge in [0, 0.05) is 13.2 Å². The number of amides is 1. The van der Waals surface area contributed by atoms with Crippen LogP contribution in [0, 0.1) is 0 Å². The fraction of sp³-hybridized carbons (Fsp3) is 0.0526. The average molecular weight is 430 g/mol. The lowest BCUT2D eigenvalue weighted by Crippen LogP contribution is -2.23. The molecule has 6 nitrogen and oxygen atoms in total. The molecule has 1 amide bonds. The van der Waals surface area contributed by atoms with Crippen molar-refractivity contribution in [3.63, 3.8) is 0 Å². The summed E-state index contributed by atoms with van der Waals surface area (Å²) in [4.78, 5) is 31.6. The molecule has 0 radical (unpaired) electrons. The third kappa shape index (κ3) is 3.30. The standard InChI is InChI=1S/C19H12ClN3O3S2/c1-22-18(25)14(28-19(22)27)10-11-16(26-13-7-3-2-6-12(13)20)21-15-8-4-5-9-23(15)17(11)24/h2-10H,1H3. The number of hydrogen-bond donors (Lipinski definition) is 0. The van der Waals surface area contributed by atoms with Gasteiger partial charge in [-0.1, -0.05) is 53.8 Å². The van der Waals surface area contributed by atoms with Crippen molar-refractivity contribution in [2.75, 3.05) is 7.05 Å². The fourth-order valence-corrected chi connectivity index (χ4v) is 3.93. The average Bonchev–Trinajstić information content (AvgIpc) is 2.93. The number of thiocarbonyl (C=S) groups is 1. The molecule has 28 heavy (non-hydrogen) atoms. The predicted molar refractivity (Wildman–Crippen MR) is 114 cm³/mol. The summed E-state index contributed by atoms with van der Waals surface area (Å²) >= 11 is 12.5. The Labute approximate surface area is 174 Å². The van der Waals surface area contributed by atoms with Crippen molar-refractivity contribution in [2.24, 2.45) is 0 Å². The number of rotatable bonds is 3. The highest BCUT2D eigenvalue weighted by atomic mass is 35.5. The van der Waals surface area contributed by atoms with Gasteiger partial charge in [0.1, 0.15) is 21.3 Å². The van der Waals surface area contributed by atoms with E-state index in [9.17, 15) is 9.59 Å². The van der Waals surface area contributed by atoms with Crippen LogP contribution in [0.3, 0.4) is 0 Å². The zero-order chi connectivity index (χ0) is 19.8. The van der Waals surface area contributed by atoms with Gasteiger partial charge in [-0.05, 0) is 30.3 Å². The van der Waals surface area contributed by atoms with Crippen LogP contribution in [0.2, 0.25) is 5.02 Å². The van der Waals surface area contributed by atoms with Crippen molar-refractivity contribution in [1.29, 1.82) is 0 Å². The molecule has 3 heterocycles. The molecule has 140 valence electrons. The van der Waals surface area contributed by atoms with Crippen LogP contribution in [0.1, 0.15) is 5.56 Å². The van der Waals surface area contributed by atoms with Gasteiger partial charge in [0.15, 0.2) is 0 Å². The second kappa shape index (κ2) is 7.38. The molecule has 0 unspecified atom stereocenters. The summed E-state index contributed by atoms with van der Waals surface area (Å²) in [7, 11) is 1.59. The number of nitrogens with zero attached hydrogens (tertiary/aromatic N) is 3. The molecule has 2 aromatic heterocycles. The first-order valence-corrected chi connectivity index (χ1v) is 9.71. The Morgan fingerprint density at radius 3 is 2.64 bits per heavy atom. The first-order valence-electron chi connectivity index (χ1n) is 8.11. The van der Waals surface area contributed by atoms with E-state index in [-0.39, 0.29) is 22.9 Å². The normalized spacial score (nSPS) is 15.6. The molecule has 0 spiro atoms. The Morgan fingerprint density at radius 1 is 1.18 bits per heavy atom. The van der Waals surface area contributed by atoms with Crippen molar-refractivity contribution in [3.05, 3.63) is 74.5 Å². The molecule has 0 atom stereocenters. The van der Waals surface area contributed by atoms with E-state index in [1.807, 2.05) is 0 Å². The van der Waals surface area contributed by atoms with Crippen LogP contribution in [-0.4, -0.2) is 31.6 Å². The number of aromatic nitrogens is 2. The highest BCUT2D eigenvalue weighted by Crippen LogP contribution is 2.34. The number of hydrogen-bond acceptors (Lipinski definition) is 6. The lowest BCUT2D eigenvalue weighted by Gasteiger charge is -2.11. The van der Waals surface area contributed by atoms with Crippen LogP contribution < -0.4 is 10.3 Å². The minimum Gasteiger partial charge on any atom is -0.437 e. The van der Waals surface area contributed by atoms with E-state index >= 15 is 0 Å². The third-order valence-electron chi connectivity index (χ3n) is 4.04. The van der Waals surface area contributed by atoms with E-state index < -0.39 is 0 Å². The SMILES string of the molecule is CN1C(=O)C(=Cc2c(Oc3ccccc3Cl)nc3ccccn3c2=O)SC1=S. The van der Waals surface area contributed by atoms with Crippen molar-refractivity contribution >= 4 is 57.5 Å². The highest BCUT2D eigenvalue weighted by Gasteiger charge is 2.30. The summed E-state index contributed by atoms with van der Waals surface area (Å²) in [5, 5.41) is 0.378. The smallest absolute Gasteiger partial charge is 0.269 e. The Hall–Kier alpha value is -2.68. The van der Waals surface area contributed by atoms with Crippen LogP contribution in [0.5, 0.6) is 11.6 Å². The number of fused-ring (bicyclic) bond motifs is 1. The fourth-order valence-electron chi connectivity index (χ4n) is 2.59. The van der Waals surface area contributed by atoms with E-state index in [0.29, 0.717) is 25.6 Å². The monoisotopic (exact) mass is 429 g/mol. The molecular weight excluding hydrogens is 418 g/mol. The van der Waals surface area contributed by atoms with E-state index in [2.05, 4.69) is 4.98 Å². The summed E-state index contributed by atoms with van der Waals surface area (Å²) in [6.07, 6.45) is 3.07. The highest BCUT2D eigenvalue weighted by molar-refractivity contribution is 8.26. The maximum absolute atomic E-state index is 13.1. The number of ether oxygens (including phenoxy) is 1. The molecule has 0 bridgehead atoms. The number of likely N-dealkylation sites (N-methyl/N-ethyl adjacent to an activating group) is 1.